The summed E-state index contributed by atoms with van der Waals surface area (Å²) in [6, 6.07) is 3.09. The van der Waals surface area contributed by atoms with Crippen LogP contribution in [0, 0.1) is 0 Å². The summed E-state index contributed by atoms with van der Waals surface area (Å²) in [5.74, 6) is 0.810. The summed E-state index contributed by atoms with van der Waals surface area (Å²) in [6.07, 6.45) is 0. The minimum absolute atomic E-state index is 0. The Morgan fingerprint density at radius 1 is 1.14 bits per heavy atom. The first-order chi connectivity index (χ1) is 9.50. The van der Waals surface area contributed by atoms with Gasteiger partial charge in [-0.1, -0.05) is 0 Å². The van der Waals surface area contributed by atoms with Crippen molar-refractivity contribution in [2.45, 2.75) is 4.90 Å². The van der Waals surface area contributed by atoms with Crippen molar-refractivity contribution < 1.29 is 17.9 Å². The average Bonchev–Trinajstić information content (AvgIpc) is 2.47. The van der Waals surface area contributed by atoms with E-state index in [4.69, 9.17) is 9.47 Å². The fraction of sp³-hybridized carbons (Fsp3) is 0.500. The number of methoxy groups -OCH3 is 2. The lowest BCUT2D eigenvalue weighted by atomic mass is 10.3. The van der Waals surface area contributed by atoms with Crippen molar-refractivity contribution in [2.24, 2.45) is 0 Å². The number of ether oxygens (including phenoxy) is 2. The normalized spacial score (nSPS) is 16.1. The van der Waals surface area contributed by atoms with E-state index in [-0.39, 0.29) is 23.1 Å². The van der Waals surface area contributed by atoms with Crippen molar-refractivity contribution in [2.75, 3.05) is 40.4 Å². The maximum Gasteiger partial charge on any atom is 0.246 e. The van der Waals surface area contributed by atoms with Crippen molar-refractivity contribution in [1.82, 2.24) is 9.62 Å². The van der Waals surface area contributed by atoms with Crippen LogP contribution in [-0.2, 0) is 10.0 Å². The molecule has 1 aliphatic heterocycles. The number of benzene rings is 1. The van der Waals surface area contributed by atoms with Crippen LogP contribution in [0.25, 0.3) is 0 Å². The van der Waals surface area contributed by atoms with Gasteiger partial charge < -0.3 is 14.8 Å². The molecule has 0 bridgehead atoms. The zero-order chi connectivity index (χ0) is 14.8. The van der Waals surface area contributed by atoms with Crippen LogP contribution in [0.5, 0.6) is 11.5 Å². The van der Waals surface area contributed by atoms with E-state index in [2.05, 4.69) is 21.2 Å². The van der Waals surface area contributed by atoms with Crippen LogP contribution in [0.3, 0.4) is 0 Å². The van der Waals surface area contributed by atoms with Gasteiger partial charge >= 0.3 is 0 Å². The van der Waals surface area contributed by atoms with Gasteiger partial charge in [0.25, 0.3) is 0 Å². The number of nitrogens with one attached hydrogen (secondary N) is 1. The Hall–Kier alpha value is -0.540. The second-order valence-corrected chi connectivity index (χ2v) is 7.05. The Bertz CT molecular complexity index is 591. The van der Waals surface area contributed by atoms with Crippen molar-refractivity contribution in [3.05, 3.63) is 16.6 Å². The molecule has 1 N–H and O–H groups in total. The molecule has 21 heavy (non-hydrogen) atoms. The third kappa shape index (κ3) is 3.81. The summed E-state index contributed by atoms with van der Waals surface area (Å²) in [5, 5.41) is 3.13. The molecule has 0 amide bonds. The first-order valence-corrected chi connectivity index (χ1v) is 8.36. The SMILES string of the molecule is COc1cc(OC)c(S(=O)(=O)N2CCNCC2)cc1Br.Cl. The number of rotatable bonds is 4. The van der Waals surface area contributed by atoms with Gasteiger partial charge in [-0.25, -0.2) is 8.42 Å². The molecule has 1 aromatic carbocycles. The standard InChI is InChI=1S/C12H17BrN2O4S.ClH/c1-18-10-8-11(19-2)12(7-9(10)13)20(16,17)15-5-3-14-4-6-15;/h7-8,14H,3-6H2,1-2H3;1H. The Balaban J connectivity index is 0.00000220. The zero-order valence-corrected chi connectivity index (χ0v) is 15.0. The van der Waals surface area contributed by atoms with Gasteiger partial charge in [0.2, 0.25) is 10.0 Å². The summed E-state index contributed by atoms with van der Waals surface area (Å²) < 4.78 is 37.7. The minimum Gasteiger partial charge on any atom is -0.495 e. The molecule has 0 saturated carbocycles. The fourth-order valence-electron chi connectivity index (χ4n) is 2.06. The molecule has 0 atom stereocenters. The lowest BCUT2D eigenvalue weighted by Crippen LogP contribution is -2.46. The van der Waals surface area contributed by atoms with E-state index in [0.29, 0.717) is 36.4 Å². The van der Waals surface area contributed by atoms with Gasteiger partial charge in [0.1, 0.15) is 16.4 Å². The van der Waals surface area contributed by atoms with Crippen LogP contribution < -0.4 is 14.8 Å². The van der Waals surface area contributed by atoms with Crippen molar-refractivity contribution in [3.8, 4) is 11.5 Å². The van der Waals surface area contributed by atoms with Gasteiger partial charge in [0.05, 0.1) is 18.7 Å². The number of halogens is 2. The Morgan fingerprint density at radius 2 is 1.71 bits per heavy atom. The quantitative estimate of drug-likeness (QED) is 0.828. The van der Waals surface area contributed by atoms with Gasteiger partial charge in [-0.3, -0.25) is 0 Å². The number of hydrogen-bond acceptors (Lipinski definition) is 5. The molecule has 6 nitrogen and oxygen atoms in total. The molecule has 120 valence electrons. The van der Waals surface area contributed by atoms with Gasteiger partial charge in [-0.15, -0.1) is 12.4 Å². The average molecular weight is 402 g/mol. The first kappa shape index (κ1) is 18.5. The molecule has 1 aromatic rings. The third-order valence-electron chi connectivity index (χ3n) is 3.13. The summed E-state index contributed by atoms with van der Waals surface area (Å²) in [5.41, 5.74) is 0. The van der Waals surface area contributed by atoms with E-state index in [0.717, 1.165) is 0 Å². The maximum atomic E-state index is 12.7. The zero-order valence-electron chi connectivity index (χ0n) is 11.8. The van der Waals surface area contributed by atoms with E-state index in [1.807, 2.05) is 0 Å². The van der Waals surface area contributed by atoms with Crippen molar-refractivity contribution in [3.63, 3.8) is 0 Å². The molecule has 0 aliphatic carbocycles. The predicted octanol–water partition coefficient (Wildman–Crippen LogP) is 1.48. The predicted molar refractivity (Wildman–Crippen MR) is 86.1 cm³/mol. The molecule has 1 fully saturated rings. The lowest BCUT2D eigenvalue weighted by molar-refractivity contribution is 0.353. The van der Waals surface area contributed by atoms with Crippen molar-refractivity contribution >= 4 is 38.4 Å². The van der Waals surface area contributed by atoms with Crippen LogP contribution in [-0.4, -0.2) is 53.1 Å². The highest BCUT2D eigenvalue weighted by molar-refractivity contribution is 9.10. The largest absolute Gasteiger partial charge is 0.495 e. The lowest BCUT2D eigenvalue weighted by Gasteiger charge is -2.27. The number of nitrogens with zero attached hydrogens (tertiary/aromatic N) is 1. The monoisotopic (exact) mass is 400 g/mol. The molecule has 2 rings (SSSR count). The summed E-state index contributed by atoms with van der Waals surface area (Å²) >= 11 is 3.31. The van der Waals surface area contributed by atoms with E-state index < -0.39 is 10.0 Å². The van der Waals surface area contributed by atoms with E-state index >= 15 is 0 Å². The molecule has 0 unspecified atom stereocenters. The minimum atomic E-state index is -3.57. The molecule has 1 saturated heterocycles. The first-order valence-electron chi connectivity index (χ1n) is 6.13. The maximum absolute atomic E-state index is 12.7. The summed E-state index contributed by atoms with van der Waals surface area (Å²) in [7, 11) is -0.608. The van der Waals surface area contributed by atoms with Crippen molar-refractivity contribution in [1.29, 1.82) is 0 Å². The molecule has 1 heterocycles. The van der Waals surface area contributed by atoms with E-state index in [1.165, 1.54) is 24.6 Å². The van der Waals surface area contributed by atoms with E-state index in [1.54, 1.807) is 6.07 Å². The molecular weight excluding hydrogens is 384 g/mol. The van der Waals surface area contributed by atoms with Gasteiger partial charge in [-0.2, -0.15) is 4.31 Å². The third-order valence-corrected chi connectivity index (χ3v) is 5.67. The van der Waals surface area contributed by atoms with Gasteiger partial charge in [-0.05, 0) is 22.0 Å². The number of piperazine rings is 1. The molecule has 0 spiro atoms. The smallest absolute Gasteiger partial charge is 0.246 e. The molecule has 9 heteroatoms. The highest BCUT2D eigenvalue weighted by Crippen LogP contribution is 2.36. The van der Waals surface area contributed by atoms with E-state index in [9.17, 15) is 8.42 Å². The Morgan fingerprint density at radius 3 is 2.24 bits per heavy atom. The highest BCUT2D eigenvalue weighted by atomic mass is 79.9. The summed E-state index contributed by atoms with van der Waals surface area (Å²) in [6.45, 7) is 2.21. The molecule has 0 radical (unpaired) electrons. The second kappa shape index (κ2) is 7.64. The van der Waals surface area contributed by atoms with Crippen LogP contribution in [0.4, 0.5) is 0 Å². The molecular formula is C12H18BrClN2O4S. The fourth-order valence-corrected chi connectivity index (χ4v) is 4.32. The Labute approximate surface area is 139 Å². The topological polar surface area (TPSA) is 67.9 Å². The molecule has 0 aromatic heterocycles. The van der Waals surface area contributed by atoms with Crippen LogP contribution in [0.2, 0.25) is 0 Å². The van der Waals surface area contributed by atoms with Gasteiger partial charge in [0.15, 0.2) is 0 Å². The second-order valence-electron chi connectivity index (χ2n) is 4.29. The molecule has 1 aliphatic rings. The van der Waals surface area contributed by atoms with Crippen LogP contribution >= 0.6 is 28.3 Å². The number of sulfonamides is 1. The van der Waals surface area contributed by atoms with Gasteiger partial charge in [0, 0.05) is 32.2 Å². The Kier molecular flexibility index (Phi) is 6.73. The van der Waals surface area contributed by atoms with Crippen LogP contribution in [0.1, 0.15) is 0 Å². The van der Waals surface area contributed by atoms with Crippen LogP contribution in [0.15, 0.2) is 21.5 Å². The summed E-state index contributed by atoms with van der Waals surface area (Å²) in [4.78, 5) is 0.148. The number of hydrogen-bond donors (Lipinski definition) is 1. The highest BCUT2D eigenvalue weighted by Gasteiger charge is 2.29.